The molecule has 2 aromatic rings. The Morgan fingerprint density at radius 3 is 2.67 bits per heavy atom. The highest BCUT2D eigenvalue weighted by Crippen LogP contribution is 2.21. The van der Waals surface area contributed by atoms with Crippen molar-refractivity contribution >= 4 is 21.4 Å². The quantitative estimate of drug-likeness (QED) is 0.898. The summed E-state index contributed by atoms with van der Waals surface area (Å²) in [5.41, 5.74) is 4.46. The van der Waals surface area contributed by atoms with Crippen molar-refractivity contribution in [3.63, 3.8) is 0 Å². The van der Waals surface area contributed by atoms with Crippen LogP contribution in [0.3, 0.4) is 0 Å². The normalized spacial score (nSPS) is 13.6. The number of hydrogen-bond acceptors (Lipinski definition) is 5. The van der Waals surface area contributed by atoms with Crippen LogP contribution in [0.25, 0.3) is 0 Å². The number of halogens is 1. The van der Waals surface area contributed by atoms with E-state index in [0.717, 1.165) is 0 Å². The molecule has 1 heterocycles. The molecule has 0 saturated carbocycles. The highest BCUT2D eigenvalue weighted by Gasteiger charge is 2.27. The lowest BCUT2D eigenvalue weighted by Crippen LogP contribution is -2.56. The van der Waals surface area contributed by atoms with Crippen molar-refractivity contribution in [2.75, 3.05) is 0 Å². The summed E-state index contributed by atoms with van der Waals surface area (Å²) in [5.74, 6) is 0.169. The second-order valence-electron chi connectivity index (χ2n) is 5.15. The zero-order valence-electron chi connectivity index (χ0n) is 11.8. The van der Waals surface area contributed by atoms with Gasteiger partial charge in [0, 0.05) is 10.9 Å². The van der Waals surface area contributed by atoms with E-state index >= 15 is 0 Å². The largest absolute Gasteiger partial charge is 0.406 e. The Bertz CT molecular complexity index is 728. The molecule has 1 atom stereocenters. The topological polar surface area (TPSA) is 101 Å². The maximum absolute atomic E-state index is 12.3. The van der Waals surface area contributed by atoms with Crippen molar-refractivity contribution in [2.24, 2.45) is 5.92 Å². The van der Waals surface area contributed by atoms with Crippen molar-refractivity contribution < 1.29 is 18.6 Å². The van der Waals surface area contributed by atoms with E-state index in [1.54, 1.807) is 24.3 Å². The van der Waals surface area contributed by atoms with Gasteiger partial charge in [-0.1, -0.05) is 42.7 Å². The fourth-order valence-corrected chi connectivity index (χ4v) is 3.02. The average Bonchev–Trinajstić information content (AvgIpc) is 2.87. The van der Waals surface area contributed by atoms with Gasteiger partial charge in [0.15, 0.2) is 6.04 Å². The summed E-state index contributed by atoms with van der Waals surface area (Å²) in [6, 6.07) is 6.40. The Morgan fingerprint density at radius 2 is 2.05 bits per heavy atom. The molecule has 0 saturated heterocycles. The molecule has 0 radical (unpaired) electrons. The van der Waals surface area contributed by atoms with Crippen LogP contribution in [0, 0.1) is 5.92 Å². The lowest BCUT2D eigenvalue weighted by molar-refractivity contribution is -0.443. The van der Waals surface area contributed by atoms with E-state index in [2.05, 4.69) is 15.9 Å². The average molecular weight is 331 g/mol. The Labute approximate surface area is 128 Å². The molecule has 114 valence electrons. The van der Waals surface area contributed by atoms with Crippen LogP contribution in [0.1, 0.15) is 31.3 Å². The molecule has 6 nitrogen and oxygen atoms in total. The minimum atomic E-state index is -3.70. The number of benzene rings is 1. The first-order valence-electron chi connectivity index (χ1n) is 6.43. The number of quaternary nitrogens is 1. The highest BCUT2D eigenvalue weighted by molar-refractivity contribution is 7.90. The smallest absolute Gasteiger partial charge is 0.336 e. The maximum Gasteiger partial charge on any atom is 0.336 e. The first kappa shape index (κ1) is 15.9. The van der Waals surface area contributed by atoms with E-state index in [1.165, 1.54) is 0 Å². The van der Waals surface area contributed by atoms with Gasteiger partial charge >= 0.3 is 5.22 Å². The first-order chi connectivity index (χ1) is 9.79. The van der Waals surface area contributed by atoms with Crippen molar-refractivity contribution in [2.45, 2.75) is 30.9 Å². The first-order valence-corrected chi connectivity index (χ1v) is 8.46. The van der Waals surface area contributed by atoms with Gasteiger partial charge < -0.3 is 10.2 Å². The van der Waals surface area contributed by atoms with E-state index < -0.39 is 9.84 Å². The van der Waals surface area contributed by atoms with Crippen molar-refractivity contribution in [3.8, 4) is 0 Å². The van der Waals surface area contributed by atoms with Crippen LogP contribution in [0.4, 0.5) is 0 Å². The molecule has 0 aliphatic heterocycles. The fourth-order valence-electron chi connectivity index (χ4n) is 1.69. The lowest BCUT2D eigenvalue weighted by atomic mass is 10.1. The van der Waals surface area contributed by atoms with Crippen LogP contribution in [-0.4, -0.2) is 18.6 Å². The second kappa shape index (κ2) is 6.13. The van der Waals surface area contributed by atoms with E-state index in [9.17, 15) is 8.42 Å². The van der Waals surface area contributed by atoms with Crippen LogP contribution in [0.2, 0.25) is 5.02 Å². The van der Waals surface area contributed by atoms with Crippen LogP contribution in [0.5, 0.6) is 0 Å². The van der Waals surface area contributed by atoms with E-state index in [1.807, 2.05) is 13.8 Å². The molecule has 0 unspecified atom stereocenters. The fraction of sp³-hybridized carbons (Fsp3) is 0.385. The zero-order valence-corrected chi connectivity index (χ0v) is 13.4. The number of aromatic nitrogens is 2. The standard InChI is InChI=1S/C13H16ClN3O3S/c1-8(2)11(15)12-16-17-13(20-12)21(18,19)7-9-4-3-5-10(14)6-9/h3-6,8,11H,7,15H2,1-2H3/p+1/t11-/m0/s1. The van der Waals surface area contributed by atoms with E-state index in [-0.39, 0.29) is 28.8 Å². The van der Waals surface area contributed by atoms with Crippen molar-refractivity contribution in [1.82, 2.24) is 10.2 Å². The van der Waals surface area contributed by atoms with Gasteiger partial charge in [0.1, 0.15) is 0 Å². The monoisotopic (exact) mass is 330 g/mol. The molecule has 1 aromatic heterocycles. The SMILES string of the molecule is CC(C)[C@H]([NH3+])c1nnc(S(=O)(=O)Cc2cccc(Cl)c2)o1. The zero-order chi connectivity index (χ0) is 15.6. The minimum Gasteiger partial charge on any atom is -0.406 e. The van der Waals surface area contributed by atoms with E-state index in [0.29, 0.717) is 10.6 Å². The third kappa shape index (κ3) is 3.81. The van der Waals surface area contributed by atoms with Gasteiger partial charge in [0.05, 0.1) is 5.75 Å². The summed E-state index contributed by atoms with van der Waals surface area (Å²) >= 11 is 5.85. The predicted molar refractivity (Wildman–Crippen MR) is 77.1 cm³/mol. The Kier molecular flexibility index (Phi) is 4.65. The van der Waals surface area contributed by atoms with E-state index in [4.69, 9.17) is 16.0 Å². The molecule has 21 heavy (non-hydrogen) atoms. The minimum absolute atomic E-state index is 0.175. The highest BCUT2D eigenvalue weighted by atomic mass is 35.5. The summed E-state index contributed by atoms with van der Waals surface area (Å²) in [4.78, 5) is 0. The Balaban J connectivity index is 2.24. The molecule has 0 spiro atoms. The molecule has 8 heteroatoms. The molecule has 2 rings (SSSR count). The molecule has 1 aromatic carbocycles. The predicted octanol–water partition coefficient (Wildman–Crippen LogP) is 1.64. The van der Waals surface area contributed by atoms with Gasteiger partial charge in [0.25, 0.3) is 5.89 Å². The summed E-state index contributed by atoms with van der Waals surface area (Å²) in [6.07, 6.45) is 0. The van der Waals surface area contributed by atoms with Crippen LogP contribution < -0.4 is 5.73 Å². The Morgan fingerprint density at radius 1 is 1.33 bits per heavy atom. The number of nitrogens with zero attached hydrogens (tertiary/aromatic N) is 2. The molecular weight excluding hydrogens is 314 g/mol. The summed E-state index contributed by atoms with van der Waals surface area (Å²) in [6.45, 7) is 3.89. The number of hydrogen-bond donors (Lipinski definition) is 1. The summed E-state index contributed by atoms with van der Waals surface area (Å²) < 4.78 is 29.8. The van der Waals surface area contributed by atoms with Crippen molar-refractivity contribution in [1.29, 1.82) is 0 Å². The lowest BCUT2D eigenvalue weighted by Gasteiger charge is -2.06. The van der Waals surface area contributed by atoms with Crippen molar-refractivity contribution in [3.05, 3.63) is 40.7 Å². The van der Waals surface area contributed by atoms with Crippen LogP contribution >= 0.6 is 11.6 Å². The second-order valence-corrected chi connectivity index (χ2v) is 7.45. The van der Waals surface area contributed by atoms with Gasteiger partial charge in [-0.2, -0.15) is 0 Å². The van der Waals surface area contributed by atoms with Gasteiger partial charge in [-0.3, -0.25) is 0 Å². The molecular formula is C13H17ClN3O3S+. The third-order valence-electron chi connectivity index (χ3n) is 3.06. The molecule has 0 aliphatic rings. The van der Waals surface area contributed by atoms with Gasteiger partial charge in [0.2, 0.25) is 9.84 Å². The van der Waals surface area contributed by atoms with Gasteiger partial charge in [-0.25, -0.2) is 8.42 Å². The maximum atomic E-state index is 12.3. The van der Waals surface area contributed by atoms with Gasteiger partial charge in [-0.15, -0.1) is 5.10 Å². The molecule has 0 aliphatic carbocycles. The third-order valence-corrected chi connectivity index (χ3v) is 4.70. The molecule has 3 N–H and O–H groups in total. The number of rotatable bonds is 5. The van der Waals surface area contributed by atoms with Crippen LogP contribution in [0.15, 0.2) is 33.9 Å². The molecule has 0 bridgehead atoms. The summed E-state index contributed by atoms with van der Waals surface area (Å²) in [7, 11) is -3.70. The Hall–Kier alpha value is -1.44. The summed E-state index contributed by atoms with van der Waals surface area (Å²) in [5, 5.41) is 7.51. The molecule has 0 amide bonds. The van der Waals surface area contributed by atoms with Crippen LogP contribution in [-0.2, 0) is 15.6 Å². The number of sulfone groups is 1. The van der Waals surface area contributed by atoms with Gasteiger partial charge in [-0.05, 0) is 17.7 Å². The molecule has 0 fully saturated rings.